The Labute approximate surface area is 153 Å². The zero-order valence-electron chi connectivity index (χ0n) is 14.5. The van der Waals surface area contributed by atoms with Gasteiger partial charge in [0.2, 0.25) is 0 Å². The third-order valence-corrected chi connectivity index (χ3v) is 4.20. The smallest absolute Gasteiger partial charge is 0.418 e. The van der Waals surface area contributed by atoms with E-state index < -0.39 is 23.4 Å². The van der Waals surface area contributed by atoms with E-state index in [2.05, 4.69) is 15.3 Å². The van der Waals surface area contributed by atoms with Gasteiger partial charge in [0, 0.05) is 19.6 Å². The molecule has 146 valence electrons. The van der Waals surface area contributed by atoms with Crippen molar-refractivity contribution in [2.24, 2.45) is 0 Å². The van der Waals surface area contributed by atoms with Crippen LogP contribution >= 0.6 is 0 Å². The van der Waals surface area contributed by atoms with Crippen molar-refractivity contribution in [3.63, 3.8) is 0 Å². The Balaban J connectivity index is 1.76. The van der Waals surface area contributed by atoms with Crippen LogP contribution in [0.15, 0.2) is 30.5 Å². The second kappa shape index (κ2) is 7.57. The predicted molar refractivity (Wildman–Crippen MR) is 89.8 cm³/mol. The van der Waals surface area contributed by atoms with Crippen molar-refractivity contribution in [3.8, 4) is 11.4 Å². The van der Waals surface area contributed by atoms with E-state index in [0.717, 1.165) is 23.5 Å². The van der Waals surface area contributed by atoms with Gasteiger partial charge in [-0.3, -0.25) is 4.79 Å². The fourth-order valence-corrected chi connectivity index (χ4v) is 2.84. The van der Waals surface area contributed by atoms with E-state index in [9.17, 15) is 23.1 Å². The summed E-state index contributed by atoms with van der Waals surface area (Å²) in [6.07, 6.45) is -3.82. The average Bonchev–Trinajstić information content (AvgIpc) is 3.01. The van der Waals surface area contributed by atoms with Crippen molar-refractivity contribution < 1.29 is 27.8 Å². The number of rotatable bonds is 4. The van der Waals surface area contributed by atoms with Gasteiger partial charge >= 0.3 is 6.18 Å². The molecule has 1 aliphatic heterocycles. The molecule has 3 rings (SSSR count). The molecule has 27 heavy (non-hydrogen) atoms. The number of carbonyl (C=O) groups is 1. The van der Waals surface area contributed by atoms with E-state index in [1.54, 1.807) is 0 Å². The van der Waals surface area contributed by atoms with E-state index in [1.165, 1.54) is 18.2 Å². The summed E-state index contributed by atoms with van der Waals surface area (Å²) >= 11 is 0. The number of morpholine rings is 1. The summed E-state index contributed by atoms with van der Waals surface area (Å²) in [7, 11) is 1.93. The molecule has 0 saturated carbocycles. The van der Waals surface area contributed by atoms with Gasteiger partial charge in [-0.1, -0.05) is 12.1 Å². The molecular formula is C17H19F3N4O3. The fraction of sp³-hybridized carbons (Fsp3) is 0.412. The molecule has 0 aliphatic carbocycles. The molecule has 1 saturated heterocycles. The van der Waals surface area contributed by atoms with E-state index in [1.807, 2.05) is 7.05 Å². The highest BCUT2D eigenvalue weighted by molar-refractivity contribution is 5.94. The molecule has 0 radical (unpaired) electrons. The number of aromatic nitrogens is 2. The first kappa shape index (κ1) is 19.2. The zero-order chi connectivity index (χ0) is 19.6. The number of likely N-dealkylation sites (N-methyl/N-ethyl adjacent to an activating group) is 1. The lowest BCUT2D eigenvalue weighted by Crippen LogP contribution is -2.46. The second-order valence-corrected chi connectivity index (χ2v) is 6.29. The Hall–Kier alpha value is -2.59. The minimum atomic E-state index is -4.59. The van der Waals surface area contributed by atoms with Gasteiger partial charge < -0.3 is 20.1 Å². The number of hydrogen-bond acceptors (Lipinski definition) is 5. The number of benzene rings is 1. The zero-order valence-corrected chi connectivity index (χ0v) is 14.5. The molecule has 0 bridgehead atoms. The van der Waals surface area contributed by atoms with Gasteiger partial charge in [0.1, 0.15) is 0 Å². The Morgan fingerprint density at radius 3 is 2.85 bits per heavy atom. The van der Waals surface area contributed by atoms with Crippen LogP contribution in [0.2, 0.25) is 0 Å². The monoisotopic (exact) mass is 384 g/mol. The Bertz CT molecular complexity index is 822. The number of para-hydroxylation sites is 1. The third kappa shape index (κ3) is 4.40. The SMILES string of the molecule is CN1CCOC(CNC(=O)c2nn(-c3ccccc3C(F)(F)F)cc2O)C1. The molecule has 1 aromatic carbocycles. The Kier molecular flexibility index (Phi) is 5.38. The number of alkyl halides is 3. The number of hydrogen-bond donors (Lipinski definition) is 2. The molecular weight excluding hydrogens is 365 g/mol. The van der Waals surface area contributed by atoms with E-state index in [4.69, 9.17) is 4.74 Å². The Morgan fingerprint density at radius 1 is 1.41 bits per heavy atom. The third-order valence-electron chi connectivity index (χ3n) is 4.20. The number of nitrogens with zero attached hydrogens (tertiary/aromatic N) is 3. The van der Waals surface area contributed by atoms with Gasteiger partial charge in [0.25, 0.3) is 5.91 Å². The minimum absolute atomic E-state index is 0.203. The standard InChI is InChI=1S/C17H19F3N4O3/c1-23-6-7-27-11(9-23)8-21-16(26)15-14(25)10-24(22-15)13-5-3-2-4-12(13)17(18,19)20/h2-5,10-11,25H,6-9H2,1H3,(H,21,26). The maximum absolute atomic E-state index is 13.2. The molecule has 7 nitrogen and oxygen atoms in total. The van der Waals surface area contributed by atoms with Crippen molar-refractivity contribution in [1.29, 1.82) is 0 Å². The van der Waals surface area contributed by atoms with E-state index in [-0.39, 0.29) is 24.0 Å². The van der Waals surface area contributed by atoms with Gasteiger partial charge in [-0.2, -0.15) is 18.3 Å². The number of aromatic hydroxyl groups is 1. The highest BCUT2D eigenvalue weighted by Gasteiger charge is 2.34. The fourth-order valence-electron chi connectivity index (χ4n) is 2.84. The highest BCUT2D eigenvalue weighted by atomic mass is 19.4. The van der Waals surface area contributed by atoms with Crippen LogP contribution in [0.25, 0.3) is 5.69 Å². The van der Waals surface area contributed by atoms with Crippen molar-refractivity contribution in [1.82, 2.24) is 20.0 Å². The van der Waals surface area contributed by atoms with Crippen molar-refractivity contribution in [2.75, 3.05) is 33.3 Å². The lowest BCUT2D eigenvalue weighted by Gasteiger charge is -2.29. The summed E-state index contributed by atoms with van der Waals surface area (Å²) in [6.45, 7) is 2.19. The summed E-state index contributed by atoms with van der Waals surface area (Å²) in [5.41, 5.74) is -1.55. The molecule has 0 spiro atoms. The lowest BCUT2D eigenvalue weighted by atomic mass is 10.2. The van der Waals surface area contributed by atoms with Gasteiger partial charge in [-0.15, -0.1) is 0 Å². The Morgan fingerprint density at radius 2 is 2.15 bits per heavy atom. The maximum atomic E-state index is 13.2. The van der Waals surface area contributed by atoms with Crippen LogP contribution in [0, 0.1) is 0 Å². The molecule has 10 heteroatoms. The second-order valence-electron chi connectivity index (χ2n) is 6.29. The first-order valence-electron chi connectivity index (χ1n) is 8.29. The van der Waals surface area contributed by atoms with Crippen LogP contribution in [-0.4, -0.2) is 65.1 Å². The van der Waals surface area contributed by atoms with Gasteiger partial charge in [-0.25, -0.2) is 4.68 Å². The number of ether oxygens (including phenoxy) is 1. The normalized spacial score (nSPS) is 18.4. The van der Waals surface area contributed by atoms with Crippen molar-refractivity contribution >= 4 is 5.91 Å². The number of halogens is 3. The molecule has 1 amide bonds. The first-order valence-corrected chi connectivity index (χ1v) is 8.29. The van der Waals surface area contributed by atoms with Gasteiger partial charge in [0.15, 0.2) is 11.4 Å². The van der Waals surface area contributed by atoms with Gasteiger partial charge in [0.05, 0.1) is 30.2 Å². The predicted octanol–water partition coefficient (Wildman–Crippen LogP) is 1.66. The summed E-state index contributed by atoms with van der Waals surface area (Å²) in [5, 5.41) is 16.4. The number of amides is 1. The summed E-state index contributed by atoms with van der Waals surface area (Å²) in [6, 6.07) is 4.79. The minimum Gasteiger partial charge on any atom is -0.504 e. The topological polar surface area (TPSA) is 79.6 Å². The molecule has 2 N–H and O–H groups in total. The quantitative estimate of drug-likeness (QED) is 0.838. The maximum Gasteiger partial charge on any atom is 0.418 e. The molecule has 1 fully saturated rings. The molecule has 1 aliphatic rings. The summed E-state index contributed by atoms with van der Waals surface area (Å²) < 4.78 is 45.8. The molecule has 1 unspecified atom stereocenters. The van der Waals surface area contributed by atoms with E-state index in [0.29, 0.717) is 13.2 Å². The summed E-state index contributed by atoms with van der Waals surface area (Å²) in [5.74, 6) is -1.20. The largest absolute Gasteiger partial charge is 0.504 e. The van der Waals surface area contributed by atoms with Crippen LogP contribution in [0.1, 0.15) is 16.1 Å². The lowest BCUT2D eigenvalue weighted by molar-refractivity contribution is -0.137. The van der Waals surface area contributed by atoms with Crippen LogP contribution in [0.3, 0.4) is 0 Å². The van der Waals surface area contributed by atoms with Crippen LogP contribution in [0.4, 0.5) is 13.2 Å². The average molecular weight is 384 g/mol. The van der Waals surface area contributed by atoms with Gasteiger partial charge in [-0.05, 0) is 19.2 Å². The van der Waals surface area contributed by atoms with Crippen molar-refractivity contribution in [3.05, 3.63) is 41.7 Å². The molecule has 1 aromatic heterocycles. The molecule has 1 atom stereocenters. The van der Waals surface area contributed by atoms with Crippen LogP contribution in [-0.2, 0) is 10.9 Å². The number of nitrogens with one attached hydrogen (secondary N) is 1. The first-order chi connectivity index (χ1) is 12.8. The van der Waals surface area contributed by atoms with Crippen LogP contribution in [0.5, 0.6) is 5.75 Å². The van der Waals surface area contributed by atoms with E-state index >= 15 is 0 Å². The van der Waals surface area contributed by atoms with Crippen molar-refractivity contribution in [2.45, 2.75) is 12.3 Å². The highest BCUT2D eigenvalue weighted by Crippen LogP contribution is 2.34. The molecule has 2 heterocycles. The van der Waals surface area contributed by atoms with Crippen LogP contribution < -0.4 is 5.32 Å². The number of carbonyl (C=O) groups excluding carboxylic acids is 1. The molecule has 2 aromatic rings. The summed E-state index contributed by atoms with van der Waals surface area (Å²) in [4.78, 5) is 14.3.